The van der Waals surface area contributed by atoms with E-state index < -0.39 is 0 Å². The Morgan fingerprint density at radius 2 is 0.882 bits per heavy atom. The van der Waals surface area contributed by atoms with Crippen molar-refractivity contribution < 1.29 is 9.47 Å². The minimum atomic E-state index is 0.766. The number of aromatic nitrogens is 1. The van der Waals surface area contributed by atoms with Crippen molar-refractivity contribution in [3.8, 4) is 73.2 Å². The number of benzene rings is 8. The molecule has 0 fully saturated rings. The molecule has 0 saturated heterocycles. The molecule has 51 heavy (non-hydrogen) atoms. The number of fused-ring (bicyclic) bond motifs is 9. The maximum absolute atomic E-state index is 7.01. The fourth-order valence-corrected chi connectivity index (χ4v) is 7.55. The highest BCUT2D eigenvalue weighted by Gasteiger charge is 2.23. The van der Waals surface area contributed by atoms with E-state index in [9.17, 15) is 0 Å². The fraction of sp³-hybridized carbons (Fsp3) is 0. The smallest absolute Gasteiger partial charge is 0.136 e. The second-order valence-electron chi connectivity index (χ2n) is 12.9. The van der Waals surface area contributed by atoms with Gasteiger partial charge in [-0.1, -0.05) is 127 Å². The molecule has 1 aromatic heterocycles. The zero-order valence-electron chi connectivity index (χ0n) is 27.7. The largest absolute Gasteiger partial charge is 0.456 e. The van der Waals surface area contributed by atoms with Gasteiger partial charge in [0.1, 0.15) is 23.0 Å². The molecule has 3 nitrogen and oxygen atoms in total. The Kier molecular flexibility index (Phi) is 6.81. The summed E-state index contributed by atoms with van der Waals surface area (Å²) in [5.41, 5.74) is 11.8. The van der Waals surface area contributed by atoms with Crippen molar-refractivity contribution in [3.63, 3.8) is 0 Å². The predicted molar refractivity (Wildman–Crippen MR) is 209 cm³/mol. The summed E-state index contributed by atoms with van der Waals surface area (Å²) in [5, 5.41) is 2.44. The van der Waals surface area contributed by atoms with Crippen molar-refractivity contribution in [2.75, 3.05) is 0 Å². The van der Waals surface area contributed by atoms with Crippen LogP contribution in [0.5, 0.6) is 23.0 Å². The molecule has 2 heterocycles. The number of para-hydroxylation sites is 4. The van der Waals surface area contributed by atoms with Gasteiger partial charge in [0.15, 0.2) is 0 Å². The van der Waals surface area contributed by atoms with Crippen LogP contribution >= 0.6 is 0 Å². The maximum Gasteiger partial charge on any atom is 0.136 e. The normalized spacial score (nSPS) is 11.8. The second-order valence-corrected chi connectivity index (χ2v) is 12.9. The third-order valence-corrected chi connectivity index (χ3v) is 9.88. The first kappa shape index (κ1) is 29.1. The van der Waals surface area contributed by atoms with Gasteiger partial charge in [-0.15, -0.1) is 0 Å². The summed E-state index contributed by atoms with van der Waals surface area (Å²) < 4.78 is 16.2. The van der Waals surface area contributed by atoms with Gasteiger partial charge >= 0.3 is 0 Å². The SMILES string of the molecule is c1ccc(-c2cccc3c2-c2ccccc2Oc2ccccc2-c2cc(-c4ccc5c(c4)c4ccccc4n5-c4ccccc4)ccc2O3)cc1. The summed E-state index contributed by atoms with van der Waals surface area (Å²) in [4.78, 5) is 0. The van der Waals surface area contributed by atoms with Crippen LogP contribution in [-0.4, -0.2) is 4.57 Å². The van der Waals surface area contributed by atoms with Gasteiger partial charge in [-0.2, -0.15) is 0 Å². The Hall–Kier alpha value is -6.84. The number of nitrogens with zero attached hydrogens (tertiary/aromatic N) is 1. The lowest BCUT2D eigenvalue weighted by atomic mass is 9.92. The van der Waals surface area contributed by atoms with E-state index in [4.69, 9.17) is 9.47 Å². The van der Waals surface area contributed by atoms with Crippen LogP contribution in [0.4, 0.5) is 0 Å². The lowest BCUT2D eigenvalue weighted by molar-refractivity contribution is 0.472. The summed E-state index contributed by atoms with van der Waals surface area (Å²) >= 11 is 0. The molecule has 0 amide bonds. The Labute approximate surface area is 296 Å². The van der Waals surface area contributed by atoms with E-state index >= 15 is 0 Å². The first-order valence-electron chi connectivity index (χ1n) is 17.3. The molecule has 0 saturated carbocycles. The molecule has 0 aliphatic carbocycles. The van der Waals surface area contributed by atoms with Crippen LogP contribution in [0.15, 0.2) is 188 Å². The van der Waals surface area contributed by atoms with Crippen molar-refractivity contribution in [3.05, 3.63) is 188 Å². The van der Waals surface area contributed by atoms with Crippen molar-refractivity contribution in [2.24, 2.45) is 0 Å². The van der Waals surface area contributed by atoms with Crippen molar-refractivity contribution >= 4 is 21.8 Å². The third-order valence-electron chi connectivity index (χ3n) is 9.88. The molecule has 0 unspecified atom stereocenters. The van der Waals surface area contributed by atoms with E-state index in [2.05, 4.69) is 162 Å². The molecule has 0 radical (unpaired) electrons. The lowest BCUT2D eigenvalue weighted by Crippen LogP contribution is -1.99. The molecular weight excluding hydrogens is 623 g/mol. The average Bonchev–Trinajstić information content (AvgIpc) is 3.53. The maximum atomic E-state index is 7.01. The van der Waals surface area contributed by atoms with Crippen LogP contribution in [0, 0.1) is 0 Å². The van der Waals surface area contributed by atoms with E-state index in [-0.39, 0.29) is 0 Å². The molecule has 1 aliphatic heterocycles. The fourth-order valence-electron chi connectivity index (χ4n) is 7.55. The van der Waals surface area contributed by atoms with E-state index in [0.717, 1.165) is 73.2 Å². The van der Waals surface area contributed by atoms with Gasteiger partial charge < -0.3 is 14.0 Å². The summed E-state index contributed by atoms with van der Waals surface area (Å²) in [6, 6.07) is 65.7. The van der Waals surface area contributed by atoms with E-state index in [1.807, 2.05) is 30.3 Å². The zero-order chi connectivity index (χ0) is 33.7. The number of hydrogen-bond acceptors (Lipinski definition) is 2. The molecule has 1 aliphatic rings. The summed E-state index contributed by atoms with van der Waals surface area (Å²) in [6.07, 6.45) is 0. The summed E-state index contributed by atoms with van der Waals surface area (Å²) in [6.45, 7) is 0. The second kappa shape index (κ2) is 11.9. The summed E-state index contributed by atoms with van der Waals surface area (Å²) in [7, 11) is 0. The van der Waals surface area contributed by atoms with Crippen LogP contribution < -0.4 is 9.47 Å². The highest BCUT2D eigenvalue weighted by molar-refractivity contribution is 6.10. The number of ether oxygens (including phenoxy) is 2. The van der Waals surface area contributed by atoms with Gasteiger partial charge in [0.05, 0.1) is 11.0 Å². The highest BCUT2D eigenvalue weighted by atomic mass is 16.5. The Balaban J connectivity index is 1.17. The van der Waals surface area contributed by atoms with Gasteiger partial charge in [0.2, 0.25) is 0 Å². The molecule has 9 aromatic rings. The Morgan fingerprint density at radius 1 is 0.314 bits per heavy atom. The molecule has 0 spiro atoms. The Bertz CT molecular complexity index is 2740. The van der Waals surface area contributed by atoms with Crippen LogP contribution in [0.1, 0.15) is 0 Å². The molecule has 3 heteroatoms. The van der Waals surface area contributed by atoms with Gasteiger partial charge in [-0.05, 0) is 82.9 Å². The lowest BCUT2D eigenvalue weighted by Gasteiger charge is -2.23. The van der Waals surface area contributed by atoms with Gasteiger partial charge in [0, 0.05) is 38.7 Å². The first-order valence-corrected chi connectivity index (χ1v) is 17.3. The molecule has 0 atom stereocenters. The van der Waals surface area contributed by atoms with Gasteiger partial charge in [0.25, 0.3) is 0 Å². The topological polar surface area (TPSA) is 23.4 Å². The quantitative estimate of drug-likeness (QED) is 0.189. The molecule has 0 bridgehead atoms. The minimum absolute atomic E-state index is 0.766. The number of rotatable bonds is 3. The number of hydrogen-bond donors (Lipinski definition) is 0. The Morgan fingerprint density at radius 3 is 1.73 bits per heavy atom. The first-order chi connectivity index (χ1) is 25.3. The van der Waals surface area contributed by atoms with E-state index in [1.54, 1.807) is 0 Å². The summed E-state index contributed by atoms with van der Waals surface area (Å²) in [5.74, 6) is 3.09. The highest BCUT2D eigenvalue weighted by Crippen LogP contribution is 2.50. The minimum Gasteiger partial charge on any atom is -0.456 e. The molecule has 10 rings (SSSR count). The third kappa shape index (κ3) is 4.90. The van der Waals surface area contributed by atoms with E-state index in [1.165, 1.54) is 21.8 Å². The van der Waals surface area contributed by atoms with Gasteiger partial charge in [-0.3, -0.25) is 0 Å². The van der Waals surface area contributed by atoms with Crippen molar-refractivity contribution in [1.29, 1.82) is 0 Å². The van der Waals surface area contributed by atoms with Gasteiger partial charge in [-0.25, -0.2) is 0 Å². The predicted octanol–water partition coefficient (Wildman–Crippen LogP) is 13.3. The van der Waals surface area contributed by atoms with Crippen LogP contribution in [0.2, 0.25) is 0 Å². The van der Waals surface area contributed by atoms with E-state index in [0.29, 0.717) is 0 Å². The average molecular weight is 654 g/mol. The molecule has 8 aromatic carbocycles. The zero-order valence-corrected chi connectivity index (χ0v) is 27.7. The monoisotopic (exact) mass is 653 g/mol. The van der Waals surface area contributed by atoms with Crippen LogP contribution in [0.3, 0.4) is 0 Å². The molecular formula is C48H31NO2. The van der Waals surface area contributed by atoms with Crippen LogP contribution in [0.25, 0.3) is 72.0 Å². The van der Waals surface area contributed by atoms with Crippen molar-refractivity contribution in [1.82, 2.24) is 4.57 Å². The standard InChI is InChI=1S/C48H31NO2/c1-3-14-32(15-4-1)36-21-13-25-47-48(36)39-20-9-12-24-45(39)50-44-23-11-8-19-38(44)41-31-34(27-29-46(41)51-47)33-26-28-43-40(30-33)37-18-7-10-22-42(37)49(43)35-16-5-2-6-17-35/h1-31H. The van der Waals surface area contributed by atoms with Crippen molar-refractivity contribution in [2.45, 2.75) is 0 Å². The molecule has 240 valence electrons. The van der Waals surface area contributed by atoms with Crippen LogP contribution in [-0.2, 0) is 0 Å². The molecule has 0 N–H and O–H groups in total.